The maximum atomic E-state index is 12.9. The molecule has 0 bridgehead atoms. The molecule has 0 unspecified atom stereocenters. The average Bonchev–Trinajstić information content (AvgIpc) is 2.50. The lowest BCUT2D eigenvalue weighted by molar-refractivity contribution is 0.137. The van der Waals surface area contributed by atoms with E-state index in [1.807, 2.05) is 6.07 Å². The van der Waals surface area contributed by atoms with Crippen LogP contribution in [0.25, 0.3) is 0 Å². The summed E-state index contributed by atoms with van der Waals surface area (Å²) in [7, 11) is 0.214. The molecule has 5 nitrogen and oxygen atoms in total. The van der Waals surface area contributed by atoms with Crippen LogP contribution in [0, 0.1) is 0 Å². The van der Waals surface area contributed by atoms with Crippen molar-refractivity contribution < 1.29 is 13.2 Å². The van der Waals surface area contributed by atoms with Gasteiger partial charge in [-0.15, -0.1) is 0 Å². The van der Waals surface area contributed by atoms with E-state index in [9.17, 15) is 8.42 Å². The van der Waals surface area contributed by atoms with E-state index in [-0.39, 0.29) is 6.04 Å². The van der Waals surface area contributed by atoms with Gasteiger partial charge in [0.1, 0.15) is 0 Å². The fourth-order valence-corrected chi connectivity index (χ4v) is 4.38. The summed E-state index contributed by atoms with van der Waals surface area (Å²) >= 11 is 0. The van der Waals surface area contributed by atoms with Gasteiger partial charge in [-0.05, 0) is 45.1 Å². The number of likely N-dealkylation sites (tertiary alicyclic amines) is 1. The SMILES string of the molecule is COCCN(C1CCN(C)CC1)S(=O)(=O)c1ccccc1. The van der Waals surface area contributed by atoms with E-state index in [0.29, 0.717) is 18.0 Å². The van der Waals surface area contributed by atoms with Crippen LogP contribution in [0.5, 0.6) is 0 Å². The number of sulfonamides is 1. The number of nitrogens with zero attached hydrogens (tertiary/aromatic N) is 2. The average molecular weight is 312 g/mol. The number of ether oxygens (including phenoxy) is 1. The second kappa shape index (κ2) is 7.35. The largest absolute Gasteiger partial charge is 0.383 e. The van der Waals surface area contributed by atoms with Crippen LogP contribution in [0.4, 0.5) is 0 Å². The van der Waals surface area contributed by atoms with Gasteiger partial charge >= 0.3 is 0 Å². The second-order valence-corrected chi connectivity index (χ2v) is 7.35. The van der Waals surface area contributed by atoms with E-state index < -0.39 is 10.0 Å². The Labute approximate surface area is 127 Å². The number of piperidine rings is 1. The van der Waals surface area contributed by atoms with Crippen molar-refractivity contribution in [3.8, 4) is 0 Å². The topological polar surface area (TPSA) is 49.9 Å². The fraction of sp³-hybridized carbons (Fsp3) is 0.600. The van der Waals surface area contributed by atoms with E-state index >= 15 is 0 Å². The molecule has 1 heterocycles. The summed E-state index contributed by atoms with van der Waals surface area (Å²) < 4.78 is 32.5. The highest BCUT2D eigenvalue weighted by atomic mass is 32.2. The molecule has 1 aliphatic rings. The van der Waals surface area contributed by atoms with Gasteiger partial charge in [-0.25, -0.2) is 8.42 Å². The monoisotopic (exact) mass is 312 g/mol. The predicted octanol–water partition coefficient (Wildman–Crippen LogP) is 1.42. The van der Waals surface area contributed by atoms with Gasteiger partial charge in [-0.2, -0.15) is 4.31 Å². The molecule has 0 N–H and O–H groups in total. The lowest BCUT2D eigenvalue weighted by atomic mass is 10.1. The van der Waals surface area contributed by atoms with Crippen molar-refractivity contribution in [3.05, 3.63) is 30.3 Å². The quantitative estimate of drug-likeness (QED) is 0.797. The molecule has 118 valence electrons. The third-order valence-corrected chi connectivity index (χ3v) is 5.93. The van der Waals surface area contributed by atoms with Gasteiger partial charge in [-0.3, -0.25) is 0 Å². The van der Waals surface area contributed by atoms with Gasteiger partial charge in [-0.1, -0.05) is 18.2 Å². The number of hydrogen-bond donors (Lipinski definition) is 0. The Morgan fingerprint density at radius 3 is 2.43 bits per heavy atom. The zero-order valence-electron chi connectivity index (χ0n) is 12.7. The summed E-state index contributed by atoms with van der Waals surface area (Å²) in [4.78, 5) is 2.60. The smallest absolute Gasteiger partial charge is 0.243 e. The van der Waals surface area contributed by atoms with Gasteiger partial charge < -0.3 is 9.64 Å². The molecule has 0 saturated carbocycles. The molecule has 0 radical (unpaired) electrons. The molecule has 1 aromatic rings. The Morgan fingerprint density at radius 1 is 1.24 bits per heavy atom. The Hall–Kier alpha value is -0.950. The summed E-state index contributed by atoms with van der Waals surface area (Å²) in [6.07, 6.45) is 1.73. The molecule has 1 fully saturated rings. The Kier molecular flexibility index (Phi) is 5.75. The summed E-state index contributed by atoms with van der Waals surface area (Å²) in [5.41, 5.74) is 0. The van der Waals surface area contributed by atoms with Gasteiger partial charge in [0.2, 0.25) is 10.0 Å². The molecule has 0 amide bonds. The fourth-order valence-electron chi connectivity index (χ4n) is 2.69. The molecule has 0 atom stereocenters. The number of rotatable bonds is 6. The molecule has 2 rings (SSSR count). The van der Waals surface area contributed by atoms with E-state index in [1.54, 1.807) is 35.7 Å². The normalized spacial score (nSPS) is 18.2. The van der Waals surface area contributed by atoms with Crippen LogP contribution < -0.4 is 0 Å². The van der Waals surface area contributed by atoms with Gasteiger partial charge in [0.05, 0.1) is 11.5 Å². The zero-order valence-corrected chi connectivity index (χ0v) is 13.6. The molecule has 1 saturated heterocycles. The van der Waals surface area contributed by atoms with Crippen molar-refractivity contribution in [2.75, 3.05) is 40.4 Å². The summed E-state index contributed by atoms with van der Waals surface area (Å²) in [5, 5.41) is 0. The highest BCUT2D eigenvalue weighted by Crippen LogP contribution is 2.23. The Morgan fingerprint density at radius 2 is 1.86 bits per heavy atom. The lowest BCUT2D eigenvalue weighted by Gasteiger charge is -2.36. The van der Waals surface area contributed by atoms with E-state index in [1.165, 1.54) is 0 Å². The van der Waals surface area contributed by atoms with E-state index in [2.05, 4.69) is 11.9 Å². The molecule has 0 aliphatic carbocycles. The van der Waals surface area contributed by atoms with Crippen molar-refractivity contribution in [1.29, 1.82) is 0 Å². The van der Waals surface area contributed by atoms with Crippen LogP contribution in [-0.4, -0.2) is 64.1 Å². The predicted molar refractivity (Wildman–Crippen MR) is 82.7 cm³/mol. The van der Waals surface area contributed by atoms with E-state index in [4.69, 9.17) is 4.74 Å². The molecule has 1 aromatic carbocycles. The Bertz CT molecular complexity index is 525. The molecule has 0 aromatic heterocycles. The highest BCUT2D eigenvalue weighted by Gasteiger charge is 2.32. The maximum Gasteiger partial charge on any atom is 0.243 e. The molecular formula is C15H24N2O3S. The molecule has 0 spiro atoms. The Balaban J connectivity index is 2.23. The van der Waals surface area contributed by atoms with Crippen LogP contribution in [0.15, 0.2) is 35.2 Å². The van der Waals surface area contributed by atoms with Gasteiger partial charge in [0.25, 0.3) is 0 Å². The van der Waals surface area contributed by atoms with Crippen LogP contribution in [0.3, 0.4) is 0 Å². The van der Waals surface area contributed by atoms with Crippen molar-refractivity contribution >= 4 is 10.0 Å². The third-order valence-electron chi connectivity index (χ3n) is 3.96. The molecule has 21 heavy (non-hydrogen) atoms. The zero-order chi connectivity index (χ0) is 15.3. The first-order valence-corrected chi connectivity index (χ1v) is 8.74. The van der Waals surface area contributed by atoms with Crippen LogP contribution in [0.1, 0.15) is 12.8 Å². The summed E-state index contributed by atoms with van der Waals surface area (Å²) in [6, 6.07) is 8.72. The van der Waals surface area contributed by atoms with E-state index in [0.717, 1.165) is 25.9 Å². The molecular weight excluding hydrogens is 288 g/mol. The lowest BCUT2D eigenvalue weighted by Crippen LogP contribution is -2.47. The standard InChI is InChI=1S/C15H24N2O3S/c1-16-10-8-14(9-11-16)17(12-13-20-2)21(18,19)15-6-4-3-5-7-15/h3-7,14H,8-13H2,1-2H3. The van der Waals surface area contributed by atoms with Gasteiger partial charge in [0, 0.05) is 19.7 Å². The molecule has 1 aliphatic heterocycles. The summed E-state index contributed by atoms with van der Waals surface area (Å²) in [5.74, 6) is 0. The first-order valence-electron chi connectivity index (χ1n) is 7.30. The van der Waals surface area contributed by atoms with Crippen molar-refractivity contribution in [2.24, 2.45) is 0 Å². The second-order valence-electron chi connectivity index (χ2n) is 5.46. The van der Waals surface area contributed by atoms with Crippen molar-refractivity contribution in [3.63, 3.8) is 0 Å². The maximum absolute atomic E-state index is 12.9. The van der Waals surface area contributed by atoms with Crippen LogP contribution in [0.2, 0.25) is 0 Å². The van der Waals surface area contributed by atoms with Crippen molar-refractivity contribution in [1.82, 2.24) is 9.21 Å². The number of methoxy groups -OCH3 is 1. The van der Waals surface area contributed by atoms with Crippen LogP contribution >= 0.6 is 0 Å². The van der Waals surface area contributed by atoms with Crippen molar-refractivity contribution in [2.45, 2.75) is 23.8 Å². The number of benzene rings is 1. The highest BCUT2D eigenvalue weighted by molar-refractivity contribution is 7.89. The van der Waals surface area contributed by atoms with Crippen LogP contribution in [-0.2, 0) is 14.8 Å². The van der Waals surface area contributed by atoms with Gasteiger partial charge in [0.15, 0.2) is 0 Å². The minimum atomic E-state index is -3.46. The summed E-state index contributed by atoms with van der Waals surface area (Å²) in [6.45, 7) is 2.68. The third kappa shape index (κ3) is 4.03. The first-order chi connectivity index (χ1) is 10.1. The minimum absolute atomic E-state index is 0.0570. The number of hydrogen-bond acceptors (Lipinski definition) is 4. The minimum Gasteiger partial charge on any atom is -0.383 e. The molecule has 6 heteroatoms. The first kappa shape index (κ1) is 16.4.